The third-order valence-electron chi connectivity index (χ3n) is 2.22. The molecule has 82 valence electrons. The highest BCUT2D eigenvalue weighted by Gasteiger charge is 2.31. The number of carbonyl (C=O) groups is 1. The molecule has 0 aromatic carbocycles. The van der Waals surface area contributed by atoms with Crippen LogP contribution in [0, 0.1) is 5.92 Å². The van der Waals surface area contributed by atoms with Gasteiger partial charge in [0.05, 0.1) is 5.75 Å². The molecule has 0 radical (unpaired) electrons. The lowest BCUT2D eigenvalue weighted by Gasteiger charge is -2.14. The van der Waals surface area contributed by atoms with Crippen molar-refractivity contribution in [3.05, 3.63) is 0 Å². The van der Waals surface area contributed by atoms with E-state index < -0.39 is 16.0 Å². The first-order valence-electron chi connectivity index (χ1n) is 4.62. The van der Waals surface area contributed by atoms with Gasteiger partial charge >= 0.3 is 10.2 Å². The zero-order chi connectivity index (χ0) is 10.8. The lowest BCUT2D eigenvalue weighted by Crippen LogP contribution is -2.26. The molecule has 1 atom stereocenters. The van der Waals surface area contributed by atoms with Crippen molar-refractivity contribution < 1.29 is 17.1 Å². The lowest BCUT2D eigenvalue weighted by molar-refractivity contribution is -0.127. The van der Waals surface area contributed by atoms with Crippen LogP contribution in [-0.2, 0) is 15.0 Å². The number of hydrogen-bond acceptors (Lipinski definition) is 3. The van der Waals surface area contributed by atoms with E-state index in [2.05, 4.69) is 0 Å². The molecule has 1 aliphatic heterocycles. The molecule has 0 aromatic rings. The van der Waals surface area contributed by atoms with Crippen molar-refractivity contribution >= 4 is 16.1 Å². The van der Waals surface area contributed by atoms with Crippen LogP contribution in [0.1, 0.15) is 19.8 Å². The number of hydrogen-bond donors (Lipinski definition) is 0. The van der Waals surface area contributed by atoms with Gasteiger partial charge in [-0.15, -0.1) is 3.89 Å². The fourth-order valence-corrected chi connectivity index (χ4v) is 2.52. The molecule has 0 aliphatic carbocycles. The van der Waals surface area contributed by atoms with Crippen LogP contribution >= 0.6 is 0 Å². The maximum absolute atomic E-state index is 12.3. The van der Waals surface area contributed by atoms with Crippen molar-refractivity contribution in [2.24, 2.45) is 5.92 Å². The van der Waals surface area contributed by atoms with Crippen LogP contribution in [0.5, 0.6) is 0 Å². The molecule has 1 rings (SSSR count). The van der Waals surface area contributed by atoms with Crippen molar-refractivity contribution in [2.45, 2.75) is 19.8 Å². The Morgan fingerprint density at radius 3 is 2.71 bits per heavy atom. The van der Waals surface area contributed by atoms with Crippen molar-refractivity contribution in [3.63, 3.8) is 0 Å². The summed E-state index contributed by atoms with van der Waals surface area (Å²) < 4.78 is 33.0. The van der Waals surface area contributed by atoms with Crippen molar-refractivity contribution in [3.8, 4) is 0 Å². The van der Waals surface area contributed by atoms with Gasteiger partial charge in [0, 0.05) is 25.4 Å². The quantitative estimate of drug-likeness (QED) is 0.654. The predicted octanol–water partition coefficient (Wildman–Crippen LogP) is 0.544. The molecule has 0 saturated carbocycles. The Bertz CT molecular complexity index is 315. The second-order valence-electron chi connectivity index (χ2n) is 3.62. The molecule has 1 fully saturated rings. The summed E-state index contributed by atoms with van der Waals surface area (Å²) in [5, 5.41) is 0. The Labute approximate surface area is 83.3 Å². The molecule has 1 amide bonds. The van der Waals surface area contributed by atoms with E-state index in [4.69, 9.17) is 0 Å². The summed E-state index contributed by atoms with van der Waals surface area (Å²) in [6.45, 7) is 2.93. The first-order valence-corrected chi connectivity index (χ1v) is 6.17. The maximum atomic E-state index is 12.3. The highest BCUT2D eigenvalue weighted by molar-refractivity contribution is 7.86. The summed E-state index contributed by atoms with van der Waals surface area (Å²) in [7, 11) is -4.45. The Hall–Kier alpha value is -0.650. The molecule has 1 aliphatic rings. The zero-order valence-electron chi connectivity index (χ0n) is 8.07. The number of halogens is 1. The fourth-order valence-electron chi connectivity index (χ4n) is 1.73. The minimum absolute atomic E-state index is 0.0690. The second-order valence-corrected chi connectivity index (χ2v) is 5.03. The molecule has 0 aromatic heterocycles. The van der Waals surface area contributed by atoms with E-state index in [9.17, 15) is 17.1 Å². The van der Waals surface area contributed by atoms with E-state index in [1.165, 1.54) is 0 Å². The van der Waals surface area contributed by atoms with Gasteiger partial charge < -0.3 is 4.90 Å². The van der Waals surface area contributed by atoms with Gasteiger partial charge in [0.2, 0.25) is 5.91 Å². The minimum atomic E-state index is -4.45. The molecule has 1 saturated heterocycles. The summed E-state index contributed by atoms with van der Waals surface area (Å²) in [6, 6.07) is 0. The number of nitrogens with zero attached hydrogens (tertiary/aromatic N) is 1. The standard InChI is InChI=1S/C8H14FNO3S/c1-2-3-10-5-7(4-8(10)11)6-14(9,12)13/h7H,2-6H2,1H3. The number of carbonyl (C=O) groups excluding carboxylic acids is 1. The van der Waals surface area contributed by atoms with Crippen LogP contribution in [0.25, 0.3) is 0 Å². The van der Waals surface area contributed by atoms with E-state index >= 15 is 0 Å². The molecule has 1 unspecified atom stereocenters. The van der Waals surface area contributed by atoms with Crippen molar-refractivity contribution in [1.29, 1.82) is 0 Å². The normalized spacial score (nSPS) is 23.1. The summed E-state index contributed by atoms with van der Waals surface area (Å²) >= 11 is 0. The van der Waals surface area contributed by atoms with Gasteiger partial charge in [0.1, 0.15) is 0 Å². The van der Waals surface area contributed by atoms with E-state index in [1.54, 1.807) is 4.90 Å². The largest absolute Gasteiger partial charge is 0.342 e. The van der Waals surface area contributed by atoms with Gasteiger partial charge in [0.15, 0.2) is 0 Å². The van der Waals surface area contributed by atoms with Crippen LogP contribution in [0.15, 0.2) is 0 Å². The highest BCUT2D eigenvalue weighted by Crippen LogP contribution is 2.19. The molecule has 0 bridgehead atoms. The number of amides is 1. The monoisotopic (exact) mass is 223 g/mol. The zero-order valence-corrected chi connectivity index (χ0v) is 8.89. The maximum Gasteiger partial charge on any atom is 0.302 e. The Balaban J connectivity index is 2.51. The van der Waals surface area contributed by atoms with Gasteiger partial charge in [-0.3, -0.25) is 4.79 Å². The van der Waals surface area contributed by atoms with Crippen LogP contribution in [-0.4, -0.2) is 38.1 Å². The first-order chi connectivity index (χ1) is 6.42. The molecule has 4 nitrogen and oxygen atoms in total. The molecule has 0 spiro atoms. The van der Waals surface area contributed by atoms with Crippen molar-refractivity contribution in [1.82, 2.24) is 4.90 Å². The van der Waals surface area contributed by atoms with E-state index in [-0.39, 0.29) is 18.2 Å². The van der Waals surface area contributed by atoms with E-state index in [1.807, 2.05) is 6.92 Å². The average molecular weight is 223 g/mol. The van der Waals surface area contributed by atoms with Crippen LogP contribution in [0.4, 0.5) is 3.89 Å². The first kappa shape index (κ1) is 11.4. The van der Waals surface area contributed by atoms with E-state index in [0.29, 0.717) is 13.1 Å². The summed E-state index contributed by atoms with van der Waals surface area (Å²) in [6.07, 6.45) is 0.990. The van der Waals surface area contributed by atoms with Gasteiger partial charge in [-0.1, -0.05) is 6.92 Å². The van der Waals surface area contributed by atoms with Crippen molar-refractivity contribution in [2.75, 3.05) is 18.8 Å². The van der Waals surface area contributed by atoms with Crippen LogP contribution < -0.4 is 0 Å². The van der Waals surface area contributed by atoms with Crippen LogP contribution in [0.3, 0.4) is 0 Å². The smallest absolute Gasteiger partial charge is 0.302 e. The van der Waals surface area contributed by atoms with Gasteiger partial charge in [-0.05, 0) is 6.42 Å². The predicted molar refractivity (Wildman–Crippen MR) is 49.9 cm³/mol. The summed E-state index contributed by atoms with van der Waals surface area (Å²) in [4.78, 5) is 12.9. The van der Waals surface area contributed by atoms with E-state index in [0.717, 1.165) is 6.42 Å². The molecule has 6 heteroatoms. The Kier molecular flexibility index (Phi) is 3.47. The van der Waals surface area contributed by atoms with Gasteiger partial charge in [0.25, 0.3) is 0 Å². The third-order valence-corrected chi connectivity index (χ3v) is 3.09. The SMILES string of the molecule is CCCN1CC(CS(=O)(=O)F)CC1=O. The molecule has 14 heavy (non-hydrogen) atoms. The number of likely N-dealkylation sites (tertiary alicyclic amines) is 1. The highest BCUT2D eigenvalue weighted by atomic mass is 32.3. The van der Waals surface area contributed by atoms with Crippen LogP contribution in [0.2, 0.25) is 0 Å². The minimum Gasteiger partial charge on any atom is -0.342 e. The summed E-state index contributed by atoms with van der Waals surface area (Å²) in [5.74, 6) is -0.969. The summed E-state index contributed by atoms with van der Waals surface area (Å²) in [5.41, 5.74) is 0. The Morgan fingerprint density at radius 2 is 2.21 bits per heavy atom. The van der Waals surface area contributed by atoms with Gasteiger partial charge in [-0.25, -0.2) is 0 Å². The van der Waals surface area contributed by atoms with Gasteiger partial charge in [-0.2, -0.15) is 8.42 Å². The molecule has 1 heterocycles. The molecular weight excluding hydrogens is 209 g/mol. The number of rotatable bonds is 4. The average Bonchev–Trinajstić information content (AvgIpc) is 2.28. The fraction of sp³-hybridized carbons (Fsp3) is 0.875. The lowest BCUT2D eigenvalue weighted by atomic mass is 10.1. The Morgan fingerprint density at radius 1 is 1.57 bits per heavy atom. The molecule has 0 N–H and O–H groups in total. The molecular formula is C8H14FNO3S. The topological polar surface area (TPSA) is 54.5 Å². The second kappa shape index (κ2) is 4.25. The third kappa shape index (κ3) is 3.25.